The standard InChI is InChI=1S/C12H19ClN2O/c1-9-4-5-10(13)6-12(9)14-7-11(16)8-15(2)3/h4-6,11,14,16H,7-8H2,1-3H3. The Bertz CT molecular complexity index is 342. The van der Waals surface area contributed by atoms with Crippen LogP contribution in [0.1, 0.15) is 5.56 Å². The molecule has 0 aromatic heterocycles. The Balaban J connectivity index is 2.51. The molecule has 3 nitrogen and oxygen atoms in total. The van der Waals surface area contributed by atoms with Crippen molar-refractivity contribution >= 4 is 17.3 Å². The Labute approximate surface area is 102 Å². The van der Waals surface area contributed by atoms with E-state index in [-0.39, 0.29) is 6.10 Å². The molecule has 1 aromatic rings. The Hall–Kier alpha value is -0.770. The van der Waals surface area contributed by atoms with Gasteiger partial charge in [-0.1, -0.05) is 17.7 Å². The van der Waals surface area contributed by atoms with Gasteiger partial charge in [-0.25, -0.2) is 0 Å². The van der Waals surface area contributed by atoms with Crippen molar-refractivity contribution in [2.45, 2.75) is 13.0 Å². The predicted octanol–water partition coefficient (Wildman–Crippen LogP) is 1.98. The highest BCUT2D eigenvalue weighted by Crippen LogP contribution is 2.19. The molecule has 0 fully saturated rings. The summed E-state index contributed by atoms with van der Waals surface area (Å²) in [4.78, 5) is 1.96. The first kappa shape index (κ1) is 13.3. The number of halogens is 1. The number of anilines is 1. The van der Waals surface area contributed by atoms with E-state index in [4.69, 9.17) is 11.6 Å². The first-order chi connectivity index (χ1) is 7.49. The van der Waals surface area contributed by atoms with E-state index in [1.807, 2.05) is 44.1 Å². The van der Waals surface area contributed by atoms with Crippen molar-refractivity contribution in [2.75, 3.05) is 32.5 Å². The second-order valence-electron chi connectivity index (χ2n) is 4.26. The lowest BCUT2D eigenvalue weighted by atomic mass is 10.2. The molecule has 0 bridgehead atoms. The van der Waals surface area contributed by atoms with Crippen molar-refractivity contribution in [3.63, 3.8) is 0 Å². The third kappa shape index (κ3) is 4.39. The molecule has 0 heterocycles. The first-order valence-electron chi connectivity index (χ1n) is 5.32. The van der Waals surface area contributed by atoms with E-state index in [0.717, 1.165) is 11.3 Å². The summed E-state index contributed by atoms with van der Waals surface area (Å²) in [6.45, 7) is 3.18. The molecule has 1 aromatic carbocycles. The molecule has 0 aliphatic heterocycles. The average molecular weight is 243 g/mol. The second kappa shape index (κ2) is 6.09. The van der Waals surface area contributed by atoms with Crippen LogP contribution in [0, 0.1) is 6.92 Å². The number of aliphatic hydroxyl groups is 1. The Morgan fingerprint density at radius 1 is 1.44 bits per heavy atom. The van der Waals surface area contributed by atoms with Crippen LogP contribution in [0.4, 0.5) is 5.69 Å². The lowest BCUT2D eigenvalue weighted by molar-refractivity contribution is 0.148. The molecule has 0 radical (unpaired) electrons. The molecule has 1 rings (SSSR count). The number of benzene rings is 1. The maximum absolute atomic E-state index is 9.70. The highest BCUT2D eigenvalue weighted by atomic mass is 35.5. The fourth-order valence-electron chi connectivity index (χ4n) is 1.50. The van der Waals surface area contributed by atoms with Gasteiger partial charge in [0.1, 0.15) is 0 Å². The first-order valence-corrected chi connectivity index (χ1v) is 5.69. The van der Waals surface area contributed by atoms with Crippen LogP contribution in [-0.2, 0) is 0 Å². The van der Waals surface area contributed by atoms with Gasteiger partial charge >= 0.3 is 0 Å². The van der Waals surface area contributed by atoms with Crippen molar-refractivity contribution in [2.24, 2.45) is 0 Å². The minimum atomic E-state index is -0.381. The molecule has 0 saturated heterocycles. The Morgan fingerprint density at radius 3 is 2.75 bits per heavy atom. The van der Waals surface area contributed by atoms with Gasteiger partial charge in [-0.2, -0.15) is 0 Å². The summed E-state index contributed by atoms with van der Waals surface area (Å²) in [6.07, 6.45) is -0.381. The number of rotatable bonds is 5. The van der Waals surface area contributed by atoms with Crippen molar-refractivity contribution in [3.05, 3.63) is 28.8 Å². The number of nitrogens with zero attached hydrogens (tertiary/aromatic N) is 1. The van der Waals surface area contributed by atoms with Gasteiger partial charge in [0.2, 0.25) is 0 Å². The van der Waals surface area contributed by atoms with Crippen LogP contribution < -0.4 is 5.32 Å². The molecule has 0 saturated carbocycles. The van der Waals surface area contributed by atoms with Crippen molar-refractivity contribution in [1.29, 1.82) is 0 Å². The van der Waals surface area contributed by atoms with Crippen molar-refractivity contribution < 1.29 is 5.11 Å². The third-order valence-electron chi connectivity index (χ3n) is 2.30. The number of likely N-dealkylation sites (N-methyl/N-ethyl adjacent to an activating group) is 1. The quantitative estimate of drug-likeness (QED) is 0.829. The number of aryl methyl sites for hydroxylation is 1. The van der Waals surface area contributed by atoms with Gasteiger partial charge in [0.25, 0.3) is 0 Å². The second-order valence-corrected chi connectivity index (χ2v) is 4.69. The SMILES string of the molecule is Cc1ccc(Cl)cc1NCC(O)CN(C)C. The number of aliphatic hydroxyl groups excluding tert-OH is 1. The van der Waals surface area contributed by atoms with Gasteiger partial charge in [-0.05, 0) is 38.7 Å². The van der Waals surface area contributed by atoms with E-state index in [9.17, 15) is 5.11 Å². The van der Waals surface area contributed by atoms with E-state index < -0.39 is 0 Å². The lowest BCUT2D eigenvalue weighted by Crippen LogP contribution is -2.31. The van der Waals surface area contributed by atoms with Gasteiger partial charge in [0.15, 0.2) is 0 Å². The van der Waals surface area contributed by atoms with Gasteiger partial charge < -0.3 is 15.3 Å². The monoisotopic (exact) mass is 242 g/mol. The van der Waals surface area contributed by atoms with E-state index >= 15 is 0 Å². The lowest BCUT2D eigenvalue weighted by Gasteiger charge is -2.18. The summed E-state index contributed by atoms with van der Waals surface area (Å²) in [7, 11) is 3.88. The zero-order valence-corrected chi connectivity index (χ0v) is 10.8. The Morgan fingerprint density at radius 2 is 2.12 bits per heavy atom. The molecular weight excluding hydrogens is 224 g/mol. The van der Waals surface area contributed by atoms with Crippen molar-refractivity contribution in [3.8, 4) is 0 Å². The van der Waals surface area contributed by atoms with Gasteiger partial charge in [-0.15, -0.1) is 0 Å². The largest absolute Gasteiger partial charge is 0.390 e. The van der Waals surface area contributed by atoms with Crippen LogP contribution in [-0.4, -0.2) is 43.3 Å². The summed E-state index contributed by atoms with van der Waals surface area (Å²) in [5.74, 6) is 0. The van der Waals surface area contributed by atoms with E-state index in [0.29, 0.717) is 18.1 Å². The molecule has 0 aliphatic rings. The van der Waals surface area contributed by atoms with E-state index in [1.165, 1.54) is 0 Å². The number of nitrogens with one attached hydrogen (secondary N) is 1. The van der Waals surface area contributed by atoms with Crippen LogP contribution in [0.3, 0.4) is 0 Å². The smallest absolute Gasteiger partial charge is 0.0838 e. The molecule has 0 amide bonds. The van der Waals surface area contributed by atoms with Crippen LogP contribution in [0.15, 0.2) is 18.2 Å². The minimum absolute atomic E-state index is 0.381. The zero-order chi connectivity index (χ0) is 12.1. The van der Waals surface area contributed by atoms with Gasteiger partial charge in [0, 0.05) is 23.8 Å². The maximum atomic E-state index is 9.70. The third-order valence-corrected chi connectivity index (χ3v) is 2.54. The maximum Gasteiger partial charge on any atom is 0.0838 e. The summed E-state index contributed by atoms with van der Waals surface area (Å²) < 4.78 is 0. The molecule has 0 aliphatic carbocycles. The zero-order valence-electron chi connectivity index (χ0n) is 10.00. The molecular formula is C12H19ClN2O. The van der Waals surface area contributed by atoms with Crippen LogP contribution in [0.5, 0.6) is 0 Å². The fourth-order valence-corrected chi connectivity index (χ4v) is 1.67. The predicted molar refractivity (Wildman–Crippen MR) is 69.2 cm³/mol. The molecule has 1 unspecified atom stereocenters. The molecule has 4 heteroatoms. The van der Waals surface area contributed by atoms with Crippen LogP contribution in [0.25, 0.3) is 0 Å². The van der Waals surface area contributed by atoms with E-state index in [2.05, 4.69) is 5.32 Å². The highest BCUT2D eigenvalue weighted by molar-refractivity contribution is 6.30. The van der Waals surface area contributed by atoms with Gasteiger partial charge in [-0.3, -0.25) is 0 Å². The minimum Gasteiger partial charge on any atom is -0.390 e. The van der Waals surface area contributed by atoms with E-state index in [1.54, 1.807) is 0 Å². The summed E-state index contributed by atoms with van der Waals surface area (Å²) in [5.41, 5.74) is 2.10. The molecule has 1 atom stereocenters. The summed E-state index contributed by atoms with van der Waals surface area (Å²) in [5, 5.41) is 13.6. The Kier molecular flexibility index (Phi) is 5.06. The average Bonchev–Trinajstić information content (AvgIpc) is 2.18. The van der Waals surface area contributed by atoms with Crippen molar-refractivity contribution in [1.82, 2.24) is 4.90 Å². The fraction of sp³-hybridized carbons (Fsp3) is 0.500. The molecule has 0 spiro atoms. The number of hydrogen-bond acceptors (Lipinski definition) is 3. The normalized spacial score (nSPS) is 12.9. The molecule has 16 heavy (non-hydrogen) atoms. The topological polar surface area (TPSA) is 35.5 Å². The molecule has 90 valence electrons. The molecule has 2 N–H and O–H groups in total. The highest BCUT2D eigenvalue weighted by Gasteiger charge is 2.06. The number of hydrogen-bond donors (Lipinski definition) is 2. The van der Waals surface area contributed by atoms with Crippen LogP contribution >= 0.6 is 11.6 Å². The van der Waals surface area contributed by atoms with Crippen LogP contribution in [0.2, 0.25) is 5.02 Å². The summed E-state index contributed by atoms with van der Waals surface area (Å²) in [6, 6.07) is 5.70. The van der Waals surface area contributed by atoms with Gasteiger partial charge in [0.05, 0.1) is 6.10 Å². The summed E-state index contributed by atoms with van der Waals surface area (Å²) >= 11 is 5.91.